The van der Waals surface area contributed by atoms with Crippen molar-refractivity contribution in [2.45, 2.75) is 31.0 Å². The molecule has 5 rings (SSSR count). The lowest BCUT2D eigenvalue weighted by Crippen LogP contribution is -2.70. The number of nitrogens with two attached hydrogens (primary N) is 1. The minimum atomic E-state index is -1.38. The Kier molecular flexibility index (Phi) is 9.33. The number of hydrogen-bond acceptors (Lipinski definition) is 13. The second-order valence-electron chi connectivity index (χ2n) is 9.70. The molecule has 0 aliphatic carbocycles. The molecule has 5 heterocycles. The molecule has 3 aromatic rings. The highest BCUT2D eigenvalue weighted by atomic mass is 35.5. The lowest BCUT2D eigenvalue weighted by atomic mass is 10.0. The van der Waals surface area contributed by atoms with Gasteiger partial charge in [-0.3, -0.25) is 19.3 Å². The summed E-state index contributed by atoms with van der Waals surface area (Å²) in [6.07, 6.45) is 2.99. The Balaban J connectivity index is 1.31. The summed E-state index contributed by atoms with van der Waals surface area (Å²) in [7, 11) is 1.87. The Bertz CT molecular complexity index is 1690. The summed E-state index contributed by atoms with van der Waals surface area (Å²) in [5.74, 6) is -1.61. The molecule has 3 atom stereocenters. The number of oxime groups is 1. The van der Waals surface area contributed by atoms with Crippen LogP contribution < -0.4 is 26.3 Å². The van der Waals surface area contributed by atoms with E-state index >= 15 is 0 Å². The van der Waals surface area contributed by atoms with Crippen LogP contribution in [0.5, 0.6) is 0 Å². The second-order valence-corrected chi connectivity index (χ2v) is 12.4. The number of thiazole rings is 1. The zero-order valence-electron chi connectivity index (χ0n) is 23.4. The van der Waals surface area contributed by atoms with Crippen LogP contribution >= 0.6 is 34.7 Å². The number of nitrogens with zero attached hydrogens (tertiary/aromatic N) is 5. The first-order chi connectivity index (χ1) is 21.1. The zero-order valence-corrected chi connectivity index (χ0v) is 25.8. The molecule has 2 amide bonds. The van der Waals surface area contributed by atoms with Crippen LogP contribution in [0.4, 0.5) is 11.1 Å². The van der Waals surface area contributed by atoms with E-state index in [-0.39, 0.29) is 20.9 Å². The third kappa shape index (κ3) is 6.33. The van der Waals surface area contributed by atoms with Crippen molar-refractivity contribution in [3.05, 3.63) is 39.8 Å². The van der Waals surface area contributed by atoms with Gasteiger partial charge in [0, 0.05) is 30.5 Å². The van der Waals surface area contributed by atoms with E-state index < -0.39 is 41.0 Å². The number of carboxylic acids is 1. The minimum absolute atomic E-state index is 0.0273. The number of anilines is 2. The topological polar surface area (TPSA) is 221 Å². The highest BCUT2D eigenvalue weighted by Crippen LogP contribution is 2.39. The van der Waals surface area contributed by atoms with Crippen LogP contribution in [0.25, 0.3) is 11.0 Å². The molecule has 0 aromatic carbocycles. The number of carbonyl (C=O) groups excluding carboxylic acids is 3. The van der Waals surface area contributed by atoms with Crippen molar-refractivity contribution in [3.63, 3.8) is 0 Å². The number of pyridine rings is 1. The first-order valence-electron chi connectivity index (χ1n) is 13.2. The molecule has 2 aliphatic rings. The number of carbonyl (C=O) groups is 4. The van der Waals surface area contributed by atoms with Gasteiger partial charge in [-0.05, 0) is 14.0 Å². The first-order valence-corrected chi connectivity index (χ1v) is 15.4. The van der Waals surface area contributed by atoms with E-state index in [4.69, 9.17) is 27.3 Å². The van der Waals surface area contributed by atoms with Crippen molar-refractivity contribution < 1.29 is 33.7 Å². The number of aliphatic carboxylic acids is 1. The number of carboxylic acid groups (broad SMARTS) is 1. The molecule has 0 spiro atoms. The fourth-order valence-electron chi connectivity index (χ4n) is 4.47. The van der Waals surface area contributed by atoms with Gasteiger partial charge in [-0.25, -0.2) is 14.8 Å². The number of nitrogen functional groups attached to an aromatic ring is 1. The molecule has 1 saturated heterocycles. The maximum Gasteiger partial charge on any atom is 0.347 e. The molecular weight excluding hydrogens is 636 g/mol. The highest BCUT2D eigenvalue weighted by molar-refractivity contribution is 8.00. The smallest absolute Gasteiger partial charge is 0.347 e. The number of aldehydes is 1. The van der Waals surface area contributed by atoms with Gasteiger partial charge >= 0.3 is 5.97 Å². The molecule has 3 aromatic heterocycles. The quantitative estimate of drug-likeness (QED) is 0.0353. The van der Waals surface area contributed by atoms with Gasteiger partial charge < -0.3 is 36.6 Å². The largest absolute Gasteiger partial charge is 0.478 e. The van der Waals surface area contributed by atoms with Gasteiger partial charge in [0.1, 0.15) is 32.5 Å². The molecule has 7 N–H and O–H groups in total. The maximum atomic E-state index is 13.3. The number of aromatic amines is 1. The normalized spacial score (nSPS) is 18.9. The van der Waals surface area contributed by atoms with E-state index in [0.29, 0.717) is 31.1 Å². The van der Waals surface area contributed by atoms with Gasteiger partial charge in [0.25, 0.3) is 11.8 Å². The van der Waals surface area contributed by atoms with Crippen LogP contribution in [0, 0.1) is 0 Å². The third-order valence-electron chi connectivity index (χ3n) is 6.70. The number of rotatable bonds is 13. The fraction of sp³-hybridized carbons (Fsp3) is 0.360. The summed E-state index contributed by atoms with van der Waals surface area (Å²) in [5.41, 5.74) is 7.70. The zero-order chi connectivity index (χ0) is 31.5. The van der Waals surface area contributed by atoms with Crippen LogP contribution in [-0.2, 0) is 30.6 Å². The number of thioether (sulfide) groups is 1. The number of halogens is 1. The summed E-state index contributed by atoms with van der Waals surface area (Å²) >= 11 is 8.44. The van der Waals surface area contributed by atoms with Crippen LogP contribution in [0.15, 0.2) is 34.9 Å². The molecule has 19 heteroatoms. The van der Waals surface area contributed by atoms with Gasteiger partial charge in [0.15, 0.2) is 36.1 Å². The number of nitrogens with one attached hydrogen (secondary N) is 4. The molecule has 16 nitrogen and oxygen atoms in total. The summed E-state index contributed by atoms with van der Waals surface area (Å²) in [4.78, 5) is 67.9. The number of β-lactam (4-membered cyclic amide) rings is 1. The molecule has 1 fully saturated rings. The Hall–Kier alpha value is -4.26. The van der Waals surface area contributed by atoms with Crippen LogP contribution in [-0.4, -0.2) is 98.1 Å². The van der Waals surface area contributed by atoms with Gasteiger partial charge in [0.2, 0.25) is 12.1 Å². The maximum absolute atomic E-state index is 13.3. The number of fused-ring (bicyclic) bond motifs is 2. The van der Waals surface area contributed by atoms with Gasteiger partial charge in [-0.2, -0.15) is 4.57 Å². The molecule has 232 valence electrons. The number of allylic oxidation sites excluding steroid dienone is 1. The predicted octanol–water partition coefficient (Wildman–Crippen LogP) is -0.0793. The van der Waals surface area contributed by atoms with E-state index in [2.05, 4.69) is 36.1 Å². The van der Waals surface area contributed by atoms with Gasteiger partial charge in [-0.1, -0.05) is 28.1 Å². The SMILES string of the molecule is CNCCNc1nc2cc[n+](CC3=C(C=O)N4C(=O)C(NC(=O)/C(=N\O[C@@H](C)C(=O)O)c5nc(N)sc5Cl)C4SC3)cc2[nH]1. The van der Waals surface area contributed by atoms with E-state index in [1.165, 1.54) is 23.6 Å². The Morgan fingerprint density at radius 2 is 2.20 bits per heavy atom. The van der Waals surface area contributed by atoms with Crippen molar-refractivity contribution in [1.82, 2.24) is 30.5 Å². The second kappa shape index (κ2) is 13.2. The highest BCUT2D eigenvalue weighted by Gasteiger charge is 2.53. The van der Waals surface area contributed by atoms with Crippen molar-refractivity contribution in [2.24, 2.45) is 5.16 Å². The molecule has 0 bridgehead atoms. The average molecular weight is 664 g/mol. The number of likely N-dealkylation sites (N-methyl/N-ethyl adjacent to an activating group) is 1. The fourth-order valence-corrected chi connectivity index (χ4v) is 6.75. The Morgan fingerprint density at radius 1 is 1.41 bits per heavy atom. The van der Waals surface area contributed by atoms with Gasteiger partial charge in [0.05, 0.1) is 5.70 Å². The molecular formula is C25H28ClN10O6S2+. The Labute approximate surface area is 263 Å². The molecule has 2 aliphatic heterocycles. The number of H-pyrrole nitrogens is 1. The lowest BCUT2D eigenvalue weighted by Gasteiger charge is -2.49. The van der Waals surface area contributed by atoms with Crippen LogP contribution in [0.1, 0.15) is 12.6 Å². The minimum Gasteiger partial charge on any atom is -0.478 e. The predicted molar refractivity (Wildman–Crippen MR) is 163 cm³/mol. The van der Waals surface area contributed by atoms with Crippen LogP contribution in [0.3, 0.4) is 0 Å². The monoisotopic (exact) mass is 663 g/mol. The molecule has 0 saturated carbocycles. The van der Waals surface area contributed by atoms with E-state index in [9.17, 15) is 19.2 Å². The summed E-state index contributed by atoms with van der Waals surface area (Å²) < 4.78 is 1.92. The van der Waals surface area contributed by atoms with E-state index in [0.717, 1.165) is 34.5 Å². The Morgan fingerprint density at radius 3 is 2.89 bits per heavy atom. The van der Waals surface area contributed by atoms with Crippen molar-refractivity contribution in [2.75, 3.05) is 36.9 Å². The van der Waals surface area contributed by atoms with Crippen LogP contribution in [0.2, 0.25) is 4.34 Å². The average Bonchev–Trinajstić information content (AvgIpc) is 3.56. The number of amides is 2. The third-order valence-corrected chi connectivity index (χ3v) is 9.13. The van der Waals surface area contributed by atoms with E-state index in [1.54, 1.807) is 0 Å². The summed E-state index contributed by atoms with van der Waals surface area (Å²) in [5, 5.41) is 21.1. The van der Waals surface area contributed by atoms with Gasteiger partial charge in [-0.15, -0.1) is 11.8 Å². The molecule has 0 radical (unpaired) electrons. The lowest BCUT2D eigenvalue weighted by molar-refractivity contribution is -0.687. The summed E-state index contributed by atoms with van der Waals surface area (Å²) in [6, 6.07) is 0.862. The van der Waals surface area contributed by atoms with E-state index in [1.807, 2.05) is 30.1 Å². The molecule has 2 unspecified atom stereocenters. The first kappa shape index (κ1) is 31.2. The number of imidazole rings is 1. The van der Waals surface area contributed by atoms with Crippen molar-refractivity contribution >= 4 is 86.6 Å². The molecule has 44 heavy (non-hydrogen) atoms. The van der Waals surface area contributed by atoms with Crippen molar-refractivity contribution in [3.8, 4) is 0 Å². The summed E-state index contributed by atoms with van der Waals surface area (Å²) in [6.45, 7) is 3.06. The van der Waals surface area contributed by atoms with Crippen molar-refractivity contribution in [1.29, 1.82) is 0 Å². The standard InChI is InChI=1S/C25H27ClN10O6S2/c1-11(23(40)41)42-34-17(16-19(26)44-24(27)33-16)20(38)32-18-21(39)36-15(9-37)12(10-43-22(18)36)7-35-6-3-13-14(8-35)31-25(30-13)29-5-4-28-2/h3,6,8-9,11,18,22,28H,4-5,7,10H2,1-2H3,(H5,27,29,31,32,33,38,40,41)/p+1/b34-17-/t11-,18?,22?/m0/s1. The number of hydrogen-bond donors (Lipinski definition) is 6. The number of aromatic nitrogens is 4.